The Morgan fingerprint density at radius 1 is 1.04 bits per heavy atom. The van der Waals surface area contributed by atoms with Gasteiger partial charge < -0.3 is 29.6 Å². The number of nitrogens with two attached hydrogens (primary N) is 1. The molecule has 2 N–H and O–H groups in total. The highest BCUT2D eigenvalue weighted by Gasteiger charge is 2.51. The van der Waals surface area contributed by atoms with Crippen molar-refractivity contribution in [3.8, 4) is 0 Å². The molecule has 0 amide bonds. The van der Waals surface area contributed by atoms with E-state index in [0.29, 0.717) is 63.6 Å². The first-order valence-corrected chi connectivity index (χ1v) is 18.3. The van der Waals surface area contributed by atoms with Crippen molar-refractivity contribution < 1.29 is 33.1 Å². The lowest BCUT2D eigenvalue weighted by atomic mass is 10.2. The first-order chi connectivity index (χ1) is 22.0. The van der Waals surface area contributed by atoms with Crippen molar-refractivity contribution >= 4 is 38.0 Å². The molecule has 0 aromatic carbocycles. The number of rotatable bonds is 15. The lowest BCUT2D eigenvalue weighted by Gasteiger charge is -2.39. The molecule has 2 saturated heterocycles. The van der Waals surface area contributed by atoms with Crippen molar-refractivity contribution in [2.75, 3.05) is 46.2 Å². The molecule has 0 aromatic rings. The van der Waals surface area contributed by atoms with Gasteiger partial charge >= 0.3 is 11.9 Å². The second-order valence-corrected chi connectivity index (χ2v) is 14.0. The first-order valence-electron chi connectivity index (χ1n) is 16.5. The van der Waals surface area contributed by atoms with Crippen LogP contribution >= 0.6 is 7.44 Å². The lowest BCUT2D eigenvalue weighted by molar-refractivity contribution is -0.151. The fraction of sp³-hybridized carbons (Fsp3) is 0.774. The summed E-state index contributed by atoms with van der Waals surface area (Å²) in [4.78, 5) is 41.0. The van der Waals surface area contributed by atoms with E-state index in [9.17, 15) is 9.59 Å². The molecule has 1 unspecified atom stereocenters. The van der Waals surface area contributed by atoms with E-state index in [1.807, 2.05) is 20.8 Å². The zero-order valence-electron chi connectivity index (χ0n) is 29.0. The molecule has 3 rings (SSSR count). The maximum atomic E-state index is 15.1. The third kappa shape index (κ3) is 10.6. The van der Waals surface area contributed by atoms with Crippen LogP contribution in [0.15, 0.2) is 26.9 Å². The van der Waals surface area contributed by atoms with Crippen molar-refractivity contribution in [1.82, 2.24) is 14.2 Å². The number of carbonyl (C=O) groups excluding carboxylic acids is 2. The van der Waals surface area contributed by atoms with E-state index in [1.54, 1.807) is 61.4 Å². The highest BCUT2D eigenvalue weighted by molar-refractivity contribution is 7.59. The highest BCUT2D eigenvalue weighted by Crippen LogP contribution is 2.59. The van der Waals surface area contributed by atoms with Gasteiger partial charge in [0, 0.05) is 26.7 Å². The summed E-state index contributed by atoms with van der Waals surface area (Å²) in [6.07, 6.45) is 7.10. The zero-order valence-corrected chi connectivity index (χ0v) is 29.9. The Hall–Kier alpha value is -2.80. The van der Waals surface area contributed by atoms with E-state index in [0.717, 1.165) is 6.42 Å². The third-order valence-electron chi connectivity index (χ3n) is 7.34. The van der Waals surface area contributed by atoms with Crippen molar-refractivity contribution in [1.29, 1.82) is 0 Å². The molecule has 0 aromatic heterocycles. The molecular formula is C31H56N7O7P. The smallest absolute Gasteiger partial charge is 0.324 e. The lowest BCUT2D eigenvalue weighted by Crippen LogP contribution is -2.45. The highest BCUT2D eigenvalue weighted by atomic mass is 31.2. The van der Waals surface area contributed by atoms with Crippen LogP contribution in [0.3, 0.4) is 0 Å². The molecule has 3 aliphatic heterocycles. The van der Waals surface area contributed by atoms with Crippen molar-refractivity contribution in [3.63, 3.8) is 0 Å². The Morgan fingerprint density at radius 3 is 2.09 bits per heavy atom. The van der Waals surface area contributed by atoms with E-state index in [-0.39, 0.29) is 25.2 Å². The number of ether oxygens (including phenoxy) is 4. The van der Waals surface area contributed by atoms with Crippen LogP contribution in [0, 0.1) is 0 Å². The molecule has 0 saturated carbocycles. The summed E-state index contributed by atoms with van der Waals surface area (Å²) < 4.78 is 41.4. The Bertz CT molecular complexity index is 1100. The Morgan fingerprint density at radius 2 is 1.61 bits per heavy atom. The van der Waals surface area contributed by atoms with Gasteiger partial charge in [-0.05, 0) is 65.9 Å². The average molecular weight is 670 g/mol. The Labute approximate surface area is 274 Å². The maximum Gasteiger partial charge on any atom is 0.324 e. The van der Waals surface area contributed by atoms with Crippen LogP contribution in [0.25, 0.3) is 0 Å². The topological polar surface area (TPSA) is 161 Å². The van der Waals surface area contributed by atoms with Crippen LogP contribution in [0.1, 0.15) is 80.6 Å². The minimum absolute atomic E-state index is 0.170. The van der Waals surface area contributed by atoms with Gasteiger partial charge in [-0.1, -0.05) is 20.8 Å². The normalized spacial score (nSPS) is 22.7. The maximum absolute atomic E-state index is 15.1. The molecule has 14 nitrogen and oxygen atoms in total. The van der Waals surface area contributed by atoms with E-state index in [1.165, 1.54) is 6.34 Å². The summed E-state index contributed by atoms with van der Waals surface area (Å²) in [5, 5.41) is 0. The van der Waals surface area contributed by atoms with E-state index < -0.39 is 37.5 Å². The molecule has 3 atom stereocenters. The van der Waals surface area contributed by atoms with Crippen LogP contribution in [-0.2, 0) is 33.1 Å². The third-order valence-corrected chi connectivity index (χ3v) is 10.4. The minimum atomic E-state index is -3.56. The van der Waals surface area contributed by atoms with Gasteiger partial charge in [0.25, 0.3) is 0 Å². The quantitative estimate of drug-likeness (QED) is 0.0882. The molecule has 0 spiro atoms. The molecule has 0 bridgehead atoms. The SMILES string of the molecule is CC.CCCOC(=NC)C1C=C(/N=C/N)N(CCOCP(=O)(N2CCC[C@H]2C(=O)OC(C)C)N2CCC[C@H]2C(=O)OC(C)C)C=N1. The monoisotopic (exact) mass is 669 g/mol. The average Bonchev–Trinajstić information content (AvgIpc) is 3.73. The number of esters is 2. The predicted molar refractivity (Wildman–Crippen MR) is 181 cm³/mol. The van der Waals surface area contributed by atoms with Gasteiger partial charge in [0.1, 0.15) is 30.3 Å². The molecule has 0 aliphatic carbocycles. The van der Waals surface area contributed by atoms with Crippen LogP contribution < -0.4 is 5.73 Å². The Balaban J connectivity index is 0.00000361. The van der Waals surface area contributed by atoms with Crippen LogP contribution in [0.4, 0.5) is 0 Å². The minimum Gasteiger partial charge on any atom is -0.479 e. The standard InChI is InChI=1S/C29H50N7O7P.C2H6/c1-7-15-41-27(31-6)23-17-26(32-18-30)34(19-33-23)14-16-40-20-44(39,35-12-8-10-24(35)28(37)42-21(2)3)36-13-9-11-25(36)29(38)43-22(4)5;1-2/h17-19,21-25H,7-16,20H2,1-6H3,(H2,30,32);1-2H3/t23?,24-,25-;/m0./s1. The second kappa shape index (κ2) is 19.8. The second-order valence-electron chi connectivity index (χ2n) is 11.4. The van der Waals surface area contributed by atoms with Gasteiger partial charge in [-0.3, -0.25) is 24.1 Å². The number of carbonyl (C=O) groups is 2. The van der Waals surface area contributed by atoms with Crippen molar-refractivity contribution in [2.24, 2.45) is 20.7 Å². The van der Waals surface area contributed by atoms with Crippen molar-refractivity contribution in [3.05, 3.63) is 11.9 Å². The molecule has 3 heterocycles. The van der Waals surface area contributed by atoms with Gasteiger partial charge in [0.15, 0.2) is 0 Å². The summed E-state index contributed by atoms with van der Waals surface area (Å²) >= 11 is 0. The van der Waals surface area contributed by atoms with E-state index in [4.69, 9.17) is 24.7 Å². The number of aliphatic imine (C=N–C) groups is 3. The van der Waals surface area contributed by atoms with Crippen LogP contribution in [0.2, 0.25) is 0 Å². The van der Waals surface area contributed by atoms with E-state index in [2.05, 4.69) is 15.0 Å². The van der Waals surface area contributed by atoms with Gasteiger partial charge in [-0.2, -0.15) is 0 Å². The molecule has 3 aliphatic rings. The number of hydrogen-bond acceptors (Lipinski definition) is 11. The van der Waals surface area contributed by atoms with Crippen molar-refractivity contribution in [2.45, 2.75) is 111 Å². The fourth-order valence-electron chi connectivity index (χ4n) is 5.48. The summed E-state index contributed by atoms with van der Waals surface area (Å²) in [5.74, 6) is 0.207. The van der Waals surface area contributed by atoms with Gasteiger partial charge in [-0.25, -0.2) is 14.3 Å². The van der Waals surface area contributed by atoms with Gasteiger partial charge in [-0.15, -0.1) is 0 Å². The molecule has 15 heteroatoms. The molecule has 262 valence electrons. The molecule has 46 heavy (non-hydrogen) atoms. The number of nitrogens with zero attached hydrogens (tertiary/aromatic N) is 6. The van der Waals surface area contributed by atoms with Gasteiger partial charge in [0.05, 0.1) is 38.1 Å². The summed E-state index contributed by atoms with van der Waals surface area (Å²) in [6, 6.07) is -1.80. The van der Waals surface area contributed by atoms with Gasteiger partial charge in [0.2, 0.25) is 13.3 Å². The first kappa shape index (κ1) is 39.4. The summed E-state index contributed by atoms with van der Waals surface area (Å²) in [7, 11) is -1.91. The molecule has 2 fully saturated rings. The van der Waals surface area contributed by atoms with Crippen LogP contribution in [-0.4, -0.2) is 121 Å². The van der Waals surface area contributed by atoms with Crippen LogP contribution in [0.5, 0.6) is 0 Å². The zero-order chi connectivity index (χ0) is 34.3. The predicted octanol–water partition coefficient (Wildman–Crippen LogP) is 4.01. The summed E-state index contributed by atoms with van der Waals surface area (Å²) in [5.41, 5.74) is 5.62. The Kier molecular flexibility index (Phi) is 16.9. The largest absolute Gasteiger partial charge is 0.479 e. The molecule has 0 radical (unpaired) electrons. The summed E-state index contributed by atoms with van der Waals surface area (Å²) in [6.45, 7) is 15.1. The fourth-order valence-corrected chi connectivity index (χ4v) is 8.63. The van der Waals surface area contributed by atoms with E-state index >= 15 is 4.57 Å². The molecular weight excluding hydrogens is 613 g/mol. The number of hydrogen-bond donors (Lipinski definition) is 1.